The Bertz CT molecular complexity index is 1050. The molecule has 1 saturated carbocycles. The number of pyridine rings is 1. The highest BCUT2D eigenvalue weighted by molar-refractivity contribution is 6.00. The number of halogens is 1. The Labute approximate surface area is 171 Å². The van der Waals surface area contributed by atoms with Crippen LogP contribution in [-0.4, -0.2) is 50.8 Å². The first-order chi connectivity index (χ1) is 14.7. The molecule has 1 amide bonds. The molecule has 2 atom stereocenters. The first-order valence-electron chi connectivity index (χ1n) is 10.0. The number of carbonyl (C=O) groups is 1. The summed E-state index contributed by atoms with van der Waals surface area (Å²) in [5.41, 5.74) is 0.859. The zero-order valence-electron chi connectivity index (χ0n) is 16.2. The predicted molar refractivity (Wildman–Crippen MR) is 105 cm³/mol. The molecule has 2 aliphatic rings. The molecule has 30 heavy (non-hydrogen) atoms. The first kappa shape index (κ1) is 18.7. The lowest BCUT2D eigenvalue weighted by Crippen LogP contribution is -2.42. The number of nitrogens with zero attached hydrogens (tertiary/aromatic N) is 5. The third-order valence-corrected chi connectivity index (χ3v) is 5.35. The second-order valence-corrected chi connectivity index (χ2v) is 7.38. The molecule has 1 aliphatic heterocycles. The smallest absolute Gasteiger partial charge is 0.257 e. The highest BCUT2D eigenvalue weighted by atomic mass is 19.1. The lowest BCUT2D eigenvalue weighted by Gasteiger charge is -2.21. The van der Waals surface area contributed by atoms with Gasteiger partial charge in [-0.2, -0.15) is 5.10 Å². The molecule has 4 heterocycles. The van der Waals surface area contributed by atoms with Crippen molar-refractivity contribution in [1.82, 2.24) is 24.9 Å². The minimum Gasteiger partial charge on any atom is -0.472 e. The maximum atomic E-state index is 13.1. The van der Waals surface area contributed by atoms with Crippen LogP contribution in [0.1, 0.15) is 36.0 Å². The highest BCUT2D eigenvalue weighted by Gasteiger charge is 2.32. The third kappa shape index (κ3) is 3.65. The standard InChI is InChI=1S/C20H21FN6O3/c21-13-5-6-18(22-11-13)30-16-4-1-3-15(16)24-20(28)14-12-23-26-9-7-17(25-19(14)26)27-8-2-10-29-27/h5-7,9,11-12,15-16H,1-4,8,10H2,(H,24,28). The molecule has 1 saturated heterocycles. The van der Waals surface area contributed by atoms with Crippen molar-refractivity contribution in [2.75, 3.05) is 18.2 Å². The summed E-state index contributed by atoms with van der Waals surface area (Å²) in [5.74, 6) is 0.317. The molecular formula is C20H21FN6O3. The number of carbonyl (C=O) groups excluding carboxylic acids is 1. The van der Waals surface area contributed by atoms with E-state index in [4.69, 9.17) is 9.57 Å². The van der Waals surface area contributed by atoms with Crippen LogP contribution in [0.3, 0.4) is 0 Å². The van der Waals surface area contributed by atoms with Crippen LogP contribution in [0.4, 0.5) is 10.2 Å². The fourth-order valence-corrected chi connectivity index (χ4v) is 3.85. The average molecular weight is 412 g/mol. The van der Waals surface area contributed by atoms with Crippen LogP contribution in [0.5, 0.6) is 5.88 Å². The number of nitrogens with one attached hydrogen (secondary N) is 1. The summed E-state index contributed by atoms with van der Waals surface area (Å²) < 4.78 is 20.5. The second kappa shape index (κ2) is 7.86. The van der Waals surface area contributed by atoms with Crippen molar-refractivity contribution in [3.8, 4) is 5.88 Å². The van der Waals surface area contributed by atoms with Crippen LogP contribution in [-0.2, 0) is 4.84 Å². The molecule has 1 N–H and O–H groups in total. The summed E-state index contributed by atoms with van der Waals surface area (Å²) in [5, 5.41) is 9.00. The first-order valence-corrected chi connectivity index (χ1v) is 10.0. The molecule has 3 aromatic heterocycles. The van der Waals surface area contributed by atoms with E-state index in [0.717, 1.165) is 38.4 Å². The fourth-order valence-electron chi connectivity index (χ4n) is 3.85. The van der Waals surface area contributed by atoms with E-state index >= 15 is 0 Å². The van der Waals surface area contributed by atoms with Gasteiger partial charge in [0.05, 0.1) is 25.0 Å². The number of hydrogen-bond acceptors (Lipinski definition) is 7. The Hall–Kier alpha value is -3.27. The van der Waals surface area contributed by atoms with Crippen molar-refractivity contribution in [1.29, 1.82) is 0 Å². The molecular weight excluding hydrogens is 391 g/mol. The van der Waals surface area contributed by atoms with E-state index in [1.807, 2.05) is 6.07 Å². The maximum Gasteiger partial charge on any atom is 0.257 e. The number of hydrogen-bond donors (Lipinski definition) is 1. The van der Waals surface area contributed by atoms with Gasteiger partial charge in [-0.1, -0.05) is 0 Å². The summed E-state index contributed by atoms with van der Waals surface area (Å²) >= 11 is 0. The number of ether oxygens (including phenoxy) is 1. The molecule has 3 aromatic rings. The van der Waals surface area contributed by atoms with Crippen LogP contribution in [0.25, 0.3) is 5.65 Å². The van der Waals surface area contributed by atoms with Crippen molar-refractivity contribution in [2.45, 2.75) is 37.8 Å². The van der Waals surface area contributed by atoms with Crippen LogP contribution in [0, 0.1) is 5.82 Å². The summed E-state index contributed by atoms with van der Waals surface area (Å²) in [7, 11) is 0. The van der Waals surface area contributed by atoms with Gasteiger partial charge in [0.15, 0.2) is 11.5 Å². The SMILES string of the molecule is O=C(NC1CCCC1Oc1ccc(F)cn1)c1cnn2ccc(N3CCCO3)nc12. The molecule has 156 valence electrons. The molecule has 10 heteroatoms. The summed E-state index contributed by atoms with van der Waals surface area (Å²) in [6, 6.07) is 4.43. The van der Waals surface area contributed by atoms with Gasteiger partial charge in [-0.3, -0.25) is 9.63 Å². The Morgan fingerprint density at radius 2 is 2.17 bits per heavy atom. The average Bonchev–Trinajstić information content (AvgIpc) is 3.50. The molecule has 2 unspecified atom stereocenters. The van der Waals surface area contributed by atoms with Crippen LogP contribution in [0.15, 0.2) is 36.8 Å². The van der Waals surface area contributed by atoms with E-state index in [9.17, 15) is 9.18 Å². The minimum absolute atomic E-state index is 0.176. The van der Waals surface area contributed by atoms with Gasteiger partial charge < -0.3 is 10.1 Å². The molecule has 0 bridgehead atoms. The summed E-state index contributed by atoms with van der Waals surface area (Å²) in [6.07, 6.45) is 7.59. The van der Waals surface area contributed by atoms with Gasteiger partial charge in [0.25, 0.3) is 5.91 Å². The number of rotatable bonds is 5. The lowest BCUT2D eigenvalue weighted by molar-refractivity contribution is 0.0892. The number of anilines is 1. The van der Waals surface area contributed by atoms with Crippen molar-refractivity contribution < 1.29 is 18.8 Å². The third-order valence-electron chi connectivity index (χ3n) is 5.35. The maximum absolute atomic E-state index is 13.1. The van der Waals surface area contributed by atoms with E-state index < -0.39 is 5.82 Å². The topological polar surface area (TPSA) is 93.9 Å². The summed E-state index contributed by atoms with van der Waals surface area (Å²) in [4.78, 5) is 27.0. The Kier molecular flexibility index (Phi) is 4.91. The van der Waals surface area contributed by atoms with Gasteiger partial charge in [-0.15, -0.1) is 0 Å². The zero-order chi connectivity index (χ0) is 20.5. The number of aromatic nitrogens is 4. The van der Waals surface area contributed by atoms with Crippen molar-refractivity contribution in [2.24, 2.45) is 0 Å². The van der Waals surface area contributed by atoms with Crippen molar-refractivity contribution in [3.05, 3.63) is 48.2 Å². The molecule has 9 nitrogen and oxygen atoms in total. The normalized spacial score (nSPS) is 21.3. The van der Waals surface area contributed by atoms with Crippen LogP contribution >= 0.6 is 0 Å². The van der Waals surface area contributed by atoms with E-state index in [1.54, 1.807) is 15.8 Å². The van der Waals surface area contributed by atoms with E-state index in [2.05, 4.69) is 20.4 Å². The number of amides is 1. The quantitative estimate of drug-likeness (QED) is 0.686. The molecule has 5 rings (SSSR count). The largest absolute Gasteiger partial charge is 0.472 e. The van der Waals surface area contributed by atoms with Crippen LogP contribution < -0.4 is 15.1 Å². The Morgan fingerprint density at radius 3 is 2.97 bits per heavy atom. The molecule has 0 spiro atoms. The Balaban J connectivity index is 1.32. The monoisotopic (exact) mass is 412 g/mol. The van der Waals surface area contributed by atoms with Gasteiger partial charge >= 0.3 is 0 Å². The summed E-state index contributed by atoms with van der Waals surface area (Å²) in [6.45, 7) is 1.42. The van der Waals surface area contributed by atoms with Gasteiger partial charge in [-0.05, 0) is 31.7 Å². The predicted octanol–water partition coefficient (Wildman–Crippen LogP) is 2.13. The van der Waals surface area contributed by atoms with Crippen molar-refractivity contribution >= 4 is 17.4 Å². The minimum atomic E-state index is -0.419. The molecule has 2 fully saturated rings. The van der Waals surface area contributed by atoms with E-state index in [1.165, 1.54) is 18.3 Å². The number of fused-ring (bicyclic) bond motifs is 1. The molecule has 0 radical (unpaired) electrons. The Morgan fingerprint density at radius 1 is 1.23 bits per heavy atom. The zero-order valence-corrected chi connectivity index (χ0v) is 16.2. The van der Waals surface area contributed by atoms with E-state index in [-0.39, 0.29) is 18.1 Å². The highest BCUT2D eigenvalue weighted by Crippen LogP contribution is 2.25. The lowest BCUT2D eigenvalue weighted by atomic mass is 10.2. The van der Waals surface area contributed by atoms with Gasteiger partial charge in [0.1, 0.15) is 17.5 Å². The van der Waals surface area contributed by atoms with Crippen LogP contribution in [0.2, 0.25) is 0 Å². The van der Waals surface area contributed by atoms with Gasteiger partial charge in [0.2, 0.25) is 5.88 Å². The second-order valence-electron chi connectivity index (χ2n) is 7.38. The fraction of sp³-hybridized carbons (Fsp3) is 0.400. The molecule has 0 aromatic carbocycles. The van der Waals surface area contributed by atoms with Crippen molar-refractivity contribution in [3.63, 3.8) is 0 Å². The number of hydroxylamine groups is 1. The van der Waals surface area contributed by atoms with Gasteiger partial charge in [0, 0.05) is 24.9 Å². The molecule has 1 aliphatic carbocycles. The van der Waals surface area contributed by atoms with E-state index in [0.29, 0.717) is 29.5 Å². The van der Waals surface area contributed by atoms with Gasteiger partial charge in [-0.25, -0.2) is 23.9 Å².